The molecule has 10 rings (SSSR count). The van der Waals surface area contributed by atoms with Gasteiger partial charge in [0, 0.05) is 66.9 Å². The van der Waals surface area contributed by atoms with Crippen molar-refractivity contribution in [3.05, 3.63) is 99.2 Å². The van der Waals surface area contributed by atoms with E-state index in [1.54, 1.807) is 0 Å². The van der Waals surface area contributed by atoms with Crippen LogP contribution in [0.2, 0.25) is 0 Å². The SMILES string of the molecule is C[C@@H]1Cc2c([nH]c3ccccc23)[C@@H](c2c(F)cc(N3CCC4(CCN(CC5Cc6cc7c(cc6C5)C(=O)N(C5CCC(=O)NC5=O)C7=O)CC4)CC3)cc2F)N1CC(C)(F)F. The van der Waals surface area contributed by atoms with Crippen molar-refractivity contribution in [2.75, 3.05) is 44.2 Å². The molecule has 1 aromatic heterocycles. The Hall–Kier alpha value is -5.08. The van der Waals surface area contributed by atoms with Crippen molar-refractivity contribution >= 4 is 40.2 Å². The predicted molar refractivity (Wildman–Crippen MR) is 221 cm³/mol. The molecule has 61 heavy (non-hydrogen) atoms. The molecule has 4 aromatic rings. The topological polar surface area (TPSA) is 109 Å². The number of imide groups is 2. The Morgan fingerprint density at radius 1 is 0.836 bits per heavy atom. The number of hydrogen-bond acceptors (Lipinski definition) is 7. The number of aromatic amines is 1. The second-order valence-corrected chi connectivity index (χ2v) is 18.8. The monoisotopic (exact) mass is 838 g/mol. The minimum absolute atomic E-state index is 0.0816. The van der Waals surface area contributed by atoms with Gasteiger partial charge in [-0.1, -0.05) is 18.2 Å². The van der Waals surface area contributed by atoms with E-state index in [0.29, 0.717) is 47.9 Å². The number of carbonyl (C=O) groups is 4. The number of aromatic nitrogens is 1. The van der Waals surface area contributed by atoms with Gasteiger partial charge >= 0.3 is 0 Å². The summed E-state index contributed by atoms with van der Waals surface area (Å²) in [5.74, 6) is -6.16. The van der Waals surface area contributed by atoms with Crippen LogP contribution in [-0.4, -0.2) is 101 Å². The lowest BCUT2D eigenvalue weighted by Gasteiger charge is -2.48. The van der Waals surface area contributed by atoms with Crippen LogP contribution in [0.15, 0.2) is 48.5 Å². The molecule has 6 heterocycles. The number of rotatable bonds is 7. The number of hydrogen-bond donors (Lipinski definition) is 2. The predicted octanol–water partition coefficient (Wildman–Crippen LogP) is 6.94. The molecule has 1 unspecified atom stereocenters. The third-order valence-electron chi connectivity index (χ3n) is 14.7. The molecule has 3 fully saturated rings. The highest BCUT2D eigenvalue weighted by Gasteiger charge is 2.47. The largest absolute Gasteiger partial charge is 0.371 e. The van der Waals surface area contributed by atoms with E-state index in [4.69, 9.17) is 0 Å². The molecule has 4 amide bonds. The normalized spacial score (nSPS) is 24.8. The molecule has 14 heteroatoms. The summed E-state index contributed by atoms with van der Waals surface area (Å²) in [5, 5.41) is 3.18. The van der Waals surface area contributed by atoms with Gasteiger partial charge in [0.25, 0.3) is 17.7 Å². The van der Waals surface area contributed by atoms with Crippen LogP contribution in [0.1, 0.15) is 107 Å². The Kier molecular flexibility index (Phi) is 9.70. The number of halogens is 4. The smallest absolute Gasteiger partial charge is 0.262 e. The number of anilines is 1. The third kappa shape index (κ3) is 7.03. The number of alkyl halides is 2. The Morgan fingerprint density at radius 2 is 1.46 bits per heavy atom. The molecule has 0 bridgehead atoms. The molecule has 5 aliphatic heterocycles. The number of nitrogens with one attached hydrogen (secondary N) is 2. The highest BCUT2D eigenvalue weighted by Crippen LogP contribution is 2.46. The van der Waals surface area contributed by atoms with Crippen LogP contribution in [0.4, 0.5) is 23.2 Å². The maximum absolute atomic E-state index is 16.4. The van der Waals surface area contributed by atoms with Crippen molar-refractivity contribution in [3.8, 4) is 0 Å². The van der Waals surface area contributed by atoms with Gasteiger partial charge in [0.05, 0.1) is 23.7 Å². The van der Waals surface area contributed by atoms with Crippen molar-refractivity contribution in [3.63, 3.8) is 0 Å². The average molecular weight is 839 g/mol. The zero-order valence-electron chi connectivity index (χ0n) is 34.5. The van der Waals surface area contributed by atoms with E-state index in [0.717, 1.165) is 97.6 Å². The number of piperidine rings is 3. The van der Waals surface area contributed by atoms with Gasteiger partial charge in [0.1, 0.15) is 17.7 Å². The number of para-hydroxylation sites is 1. The van der Waals surface area contributed by atoms with Crippen LogP contribution in [0, 0.1) is 23.0 Å². The van der Waals surface area contributed by atoms with Crippen molar-refractivity contribution in [2.24, 2.45) is 11.3 Å². The lowest BCUT2D eigenvalue weighted by atomic mass is 9.71. The summed E-state index contributed by atoms with van der Waals surface area (Å²) in [6.45, 7) is 6.19. The van der Waals surface area contributed by atoms with Crippen LogP contribution < -0.4 is 10.2 Å². The van der Waals surface area contributed by atoms with Crippen molar-refractivity contribution in [1.82, 2.24) is 25.0 Å². The van der Waals surface area contributed by atoms with E-state index in [2.05, 4.69) is 20.1 Å². The van der Waals surface area contributed by atoms with Crippen molar-refractivity contribution in [1.29, 1.82) is 0 Å². The summed E-state index contributed by atoms with van der Waals surface area (Å²) in [5.41, 5.74) is 5.48. The number of amides is 4. The van der Waals surface area contributed by atoms with E-state index in [1.165, 1.54) is 17.0 Å². The van der Waals surface area contributed by atoms with E-state index >= 15 is 8.78 Å². The van der Waals surface area contributed by atoms with Gasteiger partial charge in [-0.3, -0.25) is 34.3 Å². The number of benzene rings is 3. The molecule has 0 radical (unpaired) electrons. The molecule has 2 N–H and O–H groups in total. The van der Waals surface area contributed by atoms with Gasteiger partial charge in [0.15, 0.2) is 0 Å². The number of carbonyl (C=O) groups excluding carboxylic acids is 4. The maximum atomic E-state index is 16.4. The highest BCUT2D eigenvalue weighted by atomic mass is 19.3. The fourth-order valence-corrected chi connectivity index (χ4v) is 11.5. The first-order chi connectivity index (χ1) is 29.1. The van der Waals surface area contributed by atoms with Gasteiger partial charge in [-0.25, -0.2) is 17.6 Å². The van der Waals surface area contributed by atoms with Crippen LogP contribution >= 0.6 is 0 Å². The molecule has 320 valence electrons. The van der Waals surface area contributed by atoms with Crippen LogP contribution in [-0.2, 0) is 28.9 Å². The zero-order valence-corrected chi connectivity index (χ0v) is 34.5. The Bertz CT molecular complexity index is 2410. The number of H-pyrrole nitrogens is 1. The molecule has 3 saturated heterocycles. The quantitative estimate of drug-likeness (QED) is 0.154. The fourth-order valence-electron chi connectivity index (χ4n) is 11.5. The molecule has 1 spiro atoms. The number of fused-ring (bicyclic) bond motifs is 5. The van der Waals surface area contributed by atoms with Crippen LogP contribution in [0.3, 0.4) is 0 Å². The van der Waals surface area contributed by atoms with Crippen LogP contribution in [0.5, 0.6) is 0 Å². The molecular formula is C47H50F4N6O4. The average Bonchev–Trinajstić information content (AvgIpc) is 3.86. The molecule has 3 atom stereocenters. The summed E-state index contributed by atoms with van der Waals surface area (Å²) in [7, 11) is 0. The Labute approximate surface area is 351 Å². The molecular weight excluding hydrogens is 789 g/mol. The fraction of sp³-hybridized carbons (Fsp3) is 0.489. The van der Waals surface area contributed by atoms with E-state index in [1.807, 2.05) is 43.3 Å². The molecule has 10 nitrogen and oxygen atoms in total. The van der Waals surface area contributed by atoms with Crippen LogP contribution in [0.25, 0.3) is 10.9 Å². The summed E-state index contributed by atoms with van der Waals surface area (Å²) < 4.78 is 62.1. The number of nitrogens with zero attached hydrogens (tertiary/aromatic N) is 4. The first kappa shape index (κ1) is 40.0. The van der Waals surface area contributed by atoms with Gasteiger partial charge in [-0.2, -0.15) is 0 Å². The van der Waals surface area contributed by atoms with E-state index < -0.39 is 59.8 Å². The highest BCUT2D eigenvalue weighted by molar-refractivity contribution is 6.23. The summed E-state index contributed by atoms with van der Waals surface area (Å²) in [4.78, 5) is 61.4. The second kappa shape index (κ2) is 14.8. The van der Waals surface area contributed by atoms with Gasteiger partial charge in [0.2, 0.25) is 11.8 Å². The second-order valence-electron chi connectivity index (χ2n) is 18.8. The number of likely N-dealkylation sites (tertiary alicyclic amines) is 1. The van der Waals surface area contributed by atoms with Gasteiger partial charge in [-0.15, -0.1) is 0 Å². The molecule has 1 aliphatic carbocycles. The Morgan fingerprint density at radius 3 is 2.08 bits per heavy atom. The van der Waals surface area contributed by atoms with Crippen molar-refractivity contribution < 1.29 is 36.7 Å². The van der Waals surface area contributed by atoms with Gasteiger partial charge in [-0.05, 0) is 130 Å². The molecule has 6 aliphatic rings. The van der Waals surface area contributed by atoms with Crippen molar-refractivity contribution in [2.45, 2.75) is 95.7 Å². The lowest BCUT2D eigenvalue weighted by molar-refractivity contribution is -0.136. The Balaban J connectivity index is 0.773. The van der Waals surface area contributed by atoms with E-state index in [-0.39, 0.29) is 29.9 Å². The maximum Gasteiger partial charge on any atom is 0.262 e. The van der Waals surface area contributed by atoms with Gasteiger partial charge < -0.3 is 14.8 Å². The molecule has 3 aromatic carbocycles. The summed E-state index contributed by atoms with van der Waals surface area (Å²) in [6.07, 6.45) is 6.16. The standard InChI is InChI=1S/C47H50F4N6O4/c1-26-17-32-31-5-3-4-6-37(31)52-41(32)42(56(26)25-46(2,50)51)40-35(48)22-30(23-36(40)49)55-15-11-47(12-16-55)9-13-54(14-10-47)24-27-18-28-20-33-34(21-29(28)19-27)45(61)57(44(33)60)38-7-8-39(58)53-43(38)59/h3-6,20-23,26-27,38,42,52H,7-19,24-25H2,1-2H3,(H,53,58,59)/t26-,38?,42-/m1/s1. The summed E-state index contributed by atoms with van der Waals surface area (Å²) in [6, 6.07) is 11.7. The zero-order chi connectivity index (χ0) is 42.5. The lowest BCUT2D eigenvalue weighted by Crippen LogP contribution is -2.54. The minimum atomic E-state index is -3.07. The van der Waals surface area contributed by atoms with E-state index in [9.17, 15) is 28.0 Å². The minimum Gasteiger partial charge on any atom is -0.371 e. The third-order valence-corrected chi connectivity index (χ3v) is 14.7. The first-order valence-electron chi connectivity index (χ1n) is 21.7. The molecule has 0 saturated carbocycles. The summed E-state index contributed by atoms with van der Waals surface area (Å²) >= 11 is 0. The first-order valence-corrected chi connectivity index (χ1v) is 21.7.